The Kier molecular flexibility index (Phi) is 3.09. The van der Waals surface area contributed by atoms with Crippen molar-refractivity contribution in [3.05, 3.63) is 23.5 Å². The number of carboxylic acids is 1. The lowest BCUT2D eigenvalue weighted by Crippen LogP contribution is -2.18. The average Bonchev–Trinajstić information content (AvgIpc) is 2.30. The Hall–Kier alpha value is -1.56. The molecule has 0 aromatic carbocycles. The summed E-state index contributed by atoms with van der Waals surface area (Å²) < 4.78 is 18.9. The van der Waals surface area contributed by atoms with E-state index in [9.17, 15) is 9.18 Å². The molecule has 2 heterocycles. The van der Waals surface area contributed by atoms with Gasteiger partial charge in [-0.15, -0.1) is 0 Å². The molecule has 1 saturated heterocycles. The van der Waals surface area contributed by atoms with Crippen LogP contribution in [0.15, 0.2) is 6.33 Å². The third-order valence-electron chi connectivity index (χ3n) is 2.63. The van der Waals surface area contributed by atoms with E-state index in [0.717, 1.165) is 6.33 Å². The van der Waals surface area contributed by atoms with Crippen LogP contribution in [-0.4, -0.2) is 34.3 Å². The summed E-state index contributed by atoms with van der Waals surface area (Å²) in [5.41, 5.74) is -0.368. The predicted molar refractivity (Wildman–Crippen MR) is 51.7 cm³/mol. The van der Waals surface area contributed by atoms with E-state index in [-0.39, 0.29) is 11.6 Å². The predicted octanol–water partition coefficient (Wildman–Crippen LogP) is 1.21. The number of aromatic carboxylic acids is 1. The van der Waals surface area contributed by atoms with Crippen molar-refractivity contribution in [1.29, 1.82) is 0 Å². The zero-order valence-electron chi connectivity index (χ0n) is 8.52. The van der Waals surface area contributed by atoms with E-state index in [4.69, 9.17) is 9.84 Å². The topological polar surface area (TPSA) is 72.3 Å². The molecule has 0 unspecified atom stereocenters. The van der Waals surface area contributed by atoms with Gasteiger partial charge >= 0.3 is 5.97 Å². The standard InChI is InChI=1S/C10H11FN2O3/c11-7-8(6-1-3-16-4-2-6)12-5-13-9(7)10(14)15/h5-6H,1-4H2,(H,14,15). The second kappa shape index (κ2) is 4.52. The molecular weight excluding hydrogens is 215 g/mol. The van der Waals surface area contributed by atoms with Gasteiger partial charge in [-0.25, -0.2) is 19.2 Å². The van der Waals surface area contributed by atoms with Crippen molar-refractivity contribution in [1.82, 2.24) is 9.97 Å². The number of ether oxygens (including phenoxy) is 1. The van der Waals surface area contributed by atoms with E-state index in [0.29, 0.717) is 26.1 Å². The molecule has 86 valence electrons. The Labute approximate surface area is 91.3 Å². The van der Waals surface area contributed by atoms with Gasteiger partial charge in [0.25, 0.3) is 0 Å². The highest BCUT2D eigenvalue weighted by molar-refractivity contribution is 5.85. The molecular formula is C10H11FN2O3. The number of hydrogen-bond acceptors (Lipinski definition) is 4. The van der Waals surface area contributed by atoms with Crippen LogP contribution in [0.3, 0.4) is 0 Å². The highest BCUT2D eigenvalue weighted by Gasteiger charge is 2.24. The smallest absolute Gasteiger partial charge is 0.357 e. The Balaban J connectivity index is 2.33. The van der Waals surface area contributed by atoms with Crippen LogP contribution in [0.1, 0.15) is 34.9 Å². The molecule has 5 nitrogen and oxygen atoms in total. The molecule has 2 rings (SSSR count). The van der Waals surface area contributed by atoms with Crippen LogP contribution in [0.25, 0.3) is 0 Å². The fourth-order valence-corrected chi connectivity index (χ4v) is 1.79. The molecule has 0 spiro atoms. The van der Waals surface area contributed by atoms with E-state index in [2.05, 4.69) is 9.97 Å². The van der Waals surface area contributed by atoms with Crippen LogP contribution in [0.5, 0.6) is 0 Å². The van der Waals surface area contributed by atoms with Gasteiger partial charge in [0.05, 0.1) is 5.69 Å². The highest BCUT2D eigenvalue weighted by Crippen LogP contribution is 2.27. The SMILES string of the molecule is O=C(O)c1ncnc(C2CCOCC2)c1F. The van der Waals surface area contributed by atoms with Crippen LogP contribution in [0.2, 0.25) is 0 Å². The van der Waals surface area contributed by atoms with Crippen molar-refractivity contribution < 1.29 is 19.0 Å². The fourth-order valence-electron chi connectivity index (χ4n) is 1.79. The van der Waals surface area contributed by atoms with Crippen molar-refractivity contribution >= 4 is 5.97 Å². The van der Waals surface area contributed by atoms with Gasteiger partial charge in [0, 0.05) is 19.1 Å². The monoisotopic (exact) mass is 226 g/mol. The summed E-state index contributed by atoms with van der Waals surface area (Å²) >= 11 is 0. The molecule has 0 bridgehead atoms. The number of hydrogen-bond donors (Lipinski definition) is 1. The van der Waals surface area contributed by atoms with Gasteiger partial charge in [-0.05, 0) is 12.8 Å². The largest absolute Gasteiger partial charge is 0.476 e. The summed E-state index contributed by atoms with van der Waals surface area (Å²) in [5, 5.41) is 8.73. The van der Waals surface area contributed by atoms with Crippen molar-refractivity contribution in [2.45, 2.75) is 18.8 Å². The normalized spacial score (nSPS) is 17.3. The van der Waals surface area contributed by atoms with E-state index in [1.165, 1.54) is 0 Å². The van der Waals surface area contributed by atoms with Gasteiger partial charge < -0.3 is 9.84 Å². The minimum atomic E-state index is -1.37. The molecule has 1 N–H and O–H groups in total. The minimum Gasteiger partial charge on any atom is -0.476 e. The number of carbonyl (C=O) groups is 1. The third kappa shape index (κ3) is 2.01. The summed E-state index contributed by atoms with van der Waals surface area (Å²) in [4.78, 5) is 18.0. The summed E-state index contributed by atoms with van der Waals surface area (Å²) in [6.07, 6.45) is 2.41. The second-order valence-electron chi connectivity index (χ2n) is 3.61. The lowest BCUT2D eigenvalue weighted by molar-refractivity contribution is 0.0682. The molecule has 1 fully saturated rings. The number of rotatable bonds is 2. The molecule has 1 aliphatic rings. The number of nitrogens with zero attached hydrogens (tertiary/aromatic N) is 2. The Morgan fingerprint density at radius 2 is 2.12 bits per heavy atom. The zero-order chi connectivity index (χ0) is 11.5. The molecule has 0 saturated carbocycles. The van der Waals surface area contributed by atoms with E-state index in [1.807, 2.05) is 0 Å². The molecule has 0 aliphatic carbocycles. The number of halogens is 1. The van der Waals surface area contributed by atoms with E-state index in [1.54, 1.807) is 0 Å². The molecule has 16 heavy (non-hydrogen) atoms. The summed E-state index contributed by atoms with van der Waals surface area (Å²) in [6.45, 7) is 1.10. The maximum atomic E-state index is 13.8. The first-order valence-corrected chi connectivity index (χ1v) is 5.01. The van der Waals surface area contributed by atoms with Crippen molar-refractivity contribution in [2.24, 2.45) is 0 Å². The van der Waals surface area contributed by atoms with Crippen LogP contribution in [-0.2, 0) is 4.74 Å². The molecule has 1 aliphatic heterocycles. The molecule has 1 aromatic rings. The molecule has 6 heteroatoms. The van der Waals surface area contributed by atoms with Crippen LogP contribution in [0, 0.1) is 5.82 Å². The lowest BCUT2D eigenvalue weighted by atomic mass is 9.95. The number of carboxylic acid groups (broad SMARTS) is 1. The third-order valence-corrected chi connectivity index (χ3v) is 2.63. The molecule has 1 aromatic heterocycles. The second-order valence-corrected chi connectivity index (χ2v) is 3.61. The summed E-state index contributed by atoms with van der Waals surface area (Å²) in [6, 6.07) is 0. The molecule has 0 amide bonds. The lowest BCUT2D eigenvalue weighted by Gasteiger charge is -2.21. The molecule has 0 radical (unpaired) electrons. The maximum Gasteiger partial charge on any atom is 0.357 e. The number of aromatic nitrogens is 2. The van der Waals surface area contributed by atoms with Gasteiger partial charge in [0.15, 0.2) is 11.5 Å². The van der Waals surface area contributed by atoms with Crippen molar-refractivity contribution in [2.75, 3.05) is 13.2 Å². The first-order valence-electron chi connectivity index (χ1n) is 5.01. The Bertz CT molecular complexity index is 405. The maximum absolute atomic E-state index is 13.8. The fraction of sp³-hybridized carbons (Fsp3) is 0.500. The van der Waals surface area contributed by atoms with Gasteiger partial charge in [-0.2, -0.15) is 0 Å². The summed E-state index contributed by atoms with van der Waals surface area (Å²) in [7, 11) is 0. The van der Waals surface area contributed by atoms with Crippen LogP contribution >= 0.6 is 0 Å². The van der Waals surface area contributed by atoms with Crippen LogP contribution in [0.4, 0.5) is 4.39 Å². The Morgan fingerprint density at radius 3 is 2.75 bits per heavy atom. The average molecular weight is 226 g/mol. The first kappa shape index (κ1) is 10.9. The van der Waals surface area contributed by atoms with Crippen LogP contribution < -0.4 is 0 Å². The van der Waals surface area contributed by atoms with E-state index < -0.39 is 17.5 Å². The van der Waals surface area contributed by atoms with Crippen molar-refractivity contribution in [3.8, 4) is 0 Å². The first-order chi connectivity index (χ1) is 7.70. The van der Waals surface area contributed by atoms with E-state index >= 15 is 0 Å². The Morgan fingerprint density at radius 1 is 1.44 bits per heavy atom. The molecule has 0 atom stereocenters. The van der Waals surface area contributed by atoms with Gasteiger partial charge in [-0.1, -0.05) is 0 Å². The summed E-state index contributed by atoms with van der Waals surface area (Å²) in [5.74, 6) is -2.26. The quantitative estimate of drug-likeness (QED) is 0.820. The van der Waals surface area contributed by atoms with Gasteiger partial charge in [0.1, 0.15) is 6.33 Å². The van der Waals surface area contributed by atoms with Crippen molar-refractivity contribution in [3.63, 3.8) is 0 Å². The zero-order valence-corrected chi connectivity index (χ0v) is 8.52. The highest BCUT2D eigenvalue weighted by atomic mass is 19.1. The minimum absolute atomic E-state index is 0.0742. The van der Waals surface area contributed by atoms with Gasteiger partial charge in [0.2, 0.25) is 0 Å². The van der Waals surface area contributed by atoms with Gasteiger partial charge in [-0.3, -0.25) is 0 Å².